The predicted octanol–water partition coefficient (Wildman–Crippen LogP) is 4.10. The van der Waals surface area contributed by atoms with Gasteiger partial charge in [-0.1, -0.05) is 35.9 Å². The van der Waals surface area contributed by atoms with Crippen LogP contribution in [0.4, 0.5) is 4.39 Å². The summed E-state index contributed by atoms with van der Waals surface area (Å²) >= 11 is 5.95. The van der Waals surface area contributed by atoms with Crippen LogP contribution in [0.3, 0.4) is 0 Å². The molecular weight excluding hydrogens is 249 g/mol. The van der Waals surface area contributed by atoms with E-state index in [1.165, 1.54) is 6.07 Å². The lowest BCUT2D eigenvalue weighted by atomic mass is 9.95. The van der Waals surface area contributed by atoms with Gasteiger partial charge in [-0.3, -0.25) is 0 Å². The van der Waals surface area contributed by atoms with Crippen molar-refractivity contribution in [3.05, 3.63) is 70.0 Å². The van der Waals surface area contributed by atoms with E-state index in [0.717, 1.165) is 11.1 Å². The quantitative estimate of drug-likeness (QED) is 0.879. The summed E-state index contributed by atoms with van der Waals surface area (Å²) in [5, 5.41) is 3.85. The Morgan fingerprint density at radius 1 is 1.11 bits per heavy atom. The lowest BCUT2D eigenvalue weighted by Crippen LogP contribution is -2.19. The van der Waals surface area contributed by atoms with Crippen LogP contribution < -0.4 is 5.32 Å². The third-order valence-corrected chi connectivity index (χ3v) is 3.28. The van der Waals surface area contributed by atoms with Gasteiger partial charge in [0.25, 0.3) is 0 Å². The molecule has 0 saturated heterocycles. The Balaban J connectivity index is 2.49. The van der Waals surface area contributed by atoms with E-state index in [0.29, 0.717) is 10.6 Å². The van der Waals surface area contributed by atoms with Crippen LogP contribution in [-0.2, 0) is 0 Å². The normalized spacial score (nSPS) is 12.4. The topological polar surface area (TPSA) is 12.0 Å². The van der Waals surface area contributed by atoms with E-state index in [-0.39, 0.29) is 11.9 Å². The van der Waals surface area contributed by atoms with Gasteiger partial charge in [0, 0.05) is 10.6 Å². The highest BCUT2D eigenvalue weighted by molar-refractivity contribution is 6.30. The van der Waals surface area contributed by atoms with Gasteiger partial charge < -0.3 is 5.32 Å². The van der Waals surface area contributed by atoms with Gasteiger partial charge in [-0.25, -0.2) is 4.39 Å². The van der Waals surface area contributed by atoms with Crippen molar-refractivity contribution in [3.63, 3.8) is 0 Å². The van der Waals surface area contributed by atoms with E-state index in [2.05, 4.69) is 5.32 Å². The molecule has 0 fully saturated rings. The average Bonchev–Trinajstić information content (AvgIpc) is 2.34. The van der Waals surface area contributed by atoms with Crippen LogP contribution in [0.25, 0.3) is 0 Å². The Labute approximate surface area is 112 Å². The lowest BCUT2D eigenvalue weighted by Gasteiger charge is -2.20. The molecule has 0 amide bonds. The zero-order valence-electron chi connectivity index (χ0n) is 10.4. The van der Waals surface area contributed by atoms with Crippen LogP contribution in [-0.4, -0.2) is 7.05 Å². The molecule has 2 aromatic carbocycles. The van der Waals surface area contributed by atoms with Crippen molar-refractivity contribution >= 4 is 11.6 Å². The third-order valence-electron chi connectivity index (χ3n) is 3.05. The number of halogens is 2. The molecular formula is C15H15ClFN. The van der Waals surface area contributed by atoms with Crippen LogP contribution in [0, 0.1) is 12.7 Å². The number of aryl methyl sites for hydroxylation is 1. The molecule has 0 aliphatic heterocycles. The number of hydrogen-bond donors (Lipinski definition) is 1. The highest BCUT2D eigenvalue weighted by atomic mass is 35.5. The van der Waals surface area contributed by atoms with E-state index >= 15 is 0 Å². The molecule has 18 heavy (non-hydrogen) atoms. The van der Waals surface area contributed by atoms with Crippen LogP contribution in [0.2, 0.25) is 5.02 Å². The number of rotatable bonds is 3. The van der Waals surface area contributed by atoms with E-state index in [9.17, 15) is 4.39 Å². The summed E-state index contributed by atoms with van der Waals surface area (Å²) in [4.78, 5) is 0. The van der Waals surface area contributed by atoms with Gasteiger partial charge in [-0.15, -0.1) is 0 Å². The smallest absolute Gasteiger partial charge is 0.128 e. The lowest BCUT2D eigenvalue weighted by molar-refractivity contribution is 0.575. The van der Waals surface area contributed by atoms with Crippen LogP contribution >= 0.6 is 11.6 Å². The molecule has 0 aliphatic carbocycles. The molecule has 0 saturated carbocycles. The maximum absolute atomic E-state index is 13.9. The molecule has 0 aromatic heterocycles. The number of benzene rings is 2. The van der Waals surface area contributed by atoms with Gasteiger partial charge in [0.2, 0.25) is 0 Å². The Hall–Kier alpha value is -1.38. The second-order valence-corrected chi connectivity index (χ2v) is 4.68. The van der Waals surface area contributed by atoms with E-state index in [4.69, 9.17) is 11.6 Å². The molecule has 0 aliphatic rings. The average molecular weight is 264 g/mol. The summed E-state index contributed by atoms with van der Waals surface area (Å²) in [5.74, 6) is -0.203. The third kappa shape index (κ3) is 2.55. The fourth-order valence-electron chi connectivity index (χ4n) is 2.15. The second kappa shape index (κ2) is 5.51. The minimum absolute atomic E-state index is 0.163. The Morgan fingerprint density at radius 3 is 2.44 bits per heavy atom. The Bertz CT molecular complexity index is 554. The van der Waals surface area contributed by atoms with Crippen molar-refractivity contribution in [2.45, 2.75) is 13.0 Å². The van der Waals surface area contributed by atoms with Crippen molar-refractivity contribution in [2.75, 3.05) is 7.05 Å². The van der Waals surface area contributed by atoms with Gasteiger partial charge >= 0.3 is 0 Å². The van der Waals surface area contributed by atoms with Crippen LogP contribution in [0.1, 0.15) is 22.7 Å². The molecule has 2 aromatic rings. The molecule has 94 valence electrons. The highest BCUT2D eigenvalue weighted by Gasteiger charge is 2.17. The fraction of sp³-hybridized carbons (Fsp3) is 0.200. The van der Waals surface area contributed by atoms with Gasteiger partial charge in [-0.05, 0) is 43.3 Å². The molecule has 1 unspecified atom stereocenters. The molecule has 1 N–H and O–H groups in total. The van der Waals surface area contributed by atoms with E-state index in [1.807, 2.05) is 38.2 Å². The fourth-order valence-corrected chi connectivity index (χ4v) is 2.38. The van der Waals surface area contributed by atoms with Gasteiger partial charge in [0.05, 0.1) is 6.04 Å². The predicted molar refractivity (Wildman–Crippen MR) is 73.5 cm³/mol. The minimum atomic E-state index is -0.203. The molecule has 0 spiro atoms. The number of nitrogens with one attached hydrogen (secondary N) is 1. The maximum Gasteiger partial charge on any atom is 0.128 e. The highest BCUT2D eigenvalue weighted by Crippen LogP contribution is 2.28. The SMILES string of the molecule is CNC(c1ccc(Cl)cc1C)c1ccccc1F. The summed E-state index contributed by atoms with van der Waals surface area (Å²) in [5.41, 5.74) is 2.72. The zero-order valence-corrected chi connectivity index (χ0v) is 11.1. The summed E-state index contributed by atoms with van der Waals surface area (Å²) in [6.07, 6.45) is 0. The first-order chi connectivity index (χ1) is 8.63. The monoisotopic (exact) mass is 263 g/mol. The van der Waals surface area contributed by atoms with E-state index in [1.54, 1.807) is 12.1 Å². The zero-order chi connectivity index (χ0) is 13.1. The Morgan fingerprint density at radius 2 is 1.83 bits per heavy atom. The van der Waals surface area contributed by atoms with Crippen LogP contribution in [0.15, 0.2) is 42.5 Å². The van der Waals surface area contributed by atoms with Crippen LogP contribution in [0.5, 0.6) is 0 Å². The molecule has 0 bridgehead atoms. The molecule has 0 heterocycles. The molecule has 3 heteroatoms. The standard InChI is InChI=1S/C15H15ClFN/c1-10-9-11(16)7-8-12(10)15(18-2)13-5-3-4-6-14(13)17/h3-9,15,18H,1-2H3. The van der Waals surface area contributed by atoms with Gasteiger partial charge in [-0.2, -0.15) is 0 Å². The molecule has 1 nitrogen and oxygen atoms in total. The molecule has 0 radical (unpaired) electrons. The number of hydrogen-bond acceptors (Lipinski definition) is 1. The van der Waals surface area contributed by atoms with Crippen molar-refractivity contribution in [2.24, 2.45) is 0 Å². The molecule has 1 atom stereocenters. The van der Waals surface area contributed by atoms with Gasteiger partial charge in [0.1, 0.15) is 5.82 Å². The summed E-state index contributed by atoms with van der Waals surface area (Å²) in [6, 6.07) is 12.3. The van der Waals surface area contributed by atoms with Gasteiger partial charge in [0.15, 0.2) is 0 Å². The molecule has 2 rings (SSSR count). The summed E-state index contributed by atoms with van der Waals surface area (Å²) < 4.78 is 13.9. The van der Waals surface area contributed by atoms with Crippen molar-refractivity contribution in [3.8, 4) is 0 Å². The summed E-state index contributed by atoms with van der Waals surface area (Å²) in [7, 11) is 1.82. The largest absolute Gasteiger partial charge is 0.309 e. The first kappa shape index (κ1) is 13.1. The second-order valence-electron chi connectivity index (χ2n) is 4.24. The van der Waals surface area contributed by atoms with E-state index < -0.39 is 0 Å². The Kier molecular flexibility index (Phi) is 4.00. The first-order valence-electron chi connectivity index (χ1n) is 5.81. The van der Waals surface area contributed by atoms with Crippen molar-refractivity contribution in [1.29, 1.82) is 0 Å². The van der Waals surface area contributed by atoms with Crippen molar-refractivity contribution < 1.29 is 4.39 Å². The minimum Gasteiger partial charge on any atom is -0.309 e. The summed E-state index contributed by atoms with van der Waals surface area (Å²) in [6.45, 7) is 1.98. The van der Waals surface area contributed by atoms with Crippen molar-refractivity contribution in [1.82, 2.24) is 5.32 Å². The first-order valence-corrected chi connectivity index (χ1v) is 6.19. The maximum atomic E-state index is 13.9.